The molecule has 0 atom stereocenters. The third-order valence-corrected chi connectivity index (χ3v) is 2.42. The van der Waals surface area contributed by atoms with Crippen LogP contribution >= 0.6 is 0 Å². The van der Waals surface area contributed by atoms with Gasteiger partial charge in [-0.3, -0.25) is 0 Å². The fourth-order valence-corrected chi connectivity index (χ4v) is 1.49. The minimum Gasteiger partial charge on any atom is -0.388 e. The van der Waals surface area contributed by atoms with Crippen molar-refractivity contribution in [2.24, 2.45) is 0 Å². The second kappa shape index (κ2) is 2.49. The number of aliphatic hydroxyl groups is 1. The first-order chi connectivity index (χ1) is 5.76. The van der Waals surface area contributed by atoms with E-state index >= 15 is 0 Å². The molecule has 0 aliphatic heterocycles. The van der Waals surface area contributed by atoms with Crippen LogP contribution < -0.4 is 5.32 Å². The molecule has 0 bridgehead atoms. The summed E-state index contributed by atoms with van der Waals surface area (Å²) in [5, 5.41) is 13.0. The first-order valence-corrected chi connectivity index (χ1v) is 4.26. The molecule has 2 N–H and O–H groups in total. The molecule has 0 saturated heterocycles. The molecule has 0 unspecified atom stereocenters. The number of nitrogens with one attached hydrogen (secondary N) is 1. The predicted octanol–water partition coefficient (Wildman–Crippen LogP) is 1.71. The summed E-state index contributed by atoms with van der Waals surface area (Å²) >= 11 is 0. The Labute approximate surface area is 72.2 Å². The third kappa shape index (κ3) is 1.08. The van der Waals surface area contributed by atoms with Gasteiger partial charge in [-0.2, -0.15) is 0 Å². The highest BCUT2D eigenvalue weighted by Gasteiger charge is 2.43. The van der Waals surface area contributed by atoms with Gasteiger partial charge < -0.3 is 10.4 Å². The molecule has 1 aromatic carbocycles. The standard InChI is InChI=1S/C10H13NO/c1-11-9-5-3-2-4-8(9)10(12)6-7-10/h2-5,11-12H,6-7H2,1H3. The highest BCUT2D eigenvalue weighted by molar-refractivity contribution is 5.54. The van der Waals surface area contributed by atoms with Crippen molar-refractivity contribution in [3.8, 4) is 0 Å². The van der Waals surface area contributed by atoms with Gasteiger partial charge in [0.2, 0.25) is 0 Å². The van der Waals surface area contributed by atoms with Gasteiger partial charge in [0.15, 0.2) is 0 Å². The molecule has 0 heterocycles. The summed E-state index contributed by atoms with van der Waals surface area (Å²) in [6.45, 7) is 0. The summed E-state index contributed by atoms with van der Waals surface area (Å²) in [5.41, 5.74) is 1.55. The second-order valence-corrected chi connectivity index (χ2v) is 3.33. The van der Waals surface area contributed by atoms with E-state index in [-0.39, 0.29) is 0 Å². The molecule has 0 aromatic heterocycles. The number of anilines is 1. The lowest BCUT2D eigenvalue weighted by Crippen LogP contribution is -2.07. The van der Waals surface area contributed by atoms with Gasteiger partial charge in [0, 0.05) is 18.3 Å². The van der Waals surface area contributed by atoms with Gasteiger partial charge in [0.05, 0.1) is 5.60 Å². The first-order valence-electron chi connectivity index (χ1n) is 4.26. The monoisotopic (exact) mass is 163 g/mol. The normalized spacial score (nSPS) is 18.8. The lowest BCUT2D eigenvalue weighted by Gasteiger charge is -2.13. The summed E-state index contributed by atoms with van der Waals surface area (Å²) in [6, 6.07) is 7.91. The predicted molar refractivity (Wildman–Crippen MR) is 49.1 cm³/mol. The number of hydrogen-bond acceptors (Lipinski definition) is 2. The van der Waals surface area contributed by atoms with Crippen LogP contribution in [0.4, 0.5) is 5.69 Å². The van der Waals surface area contributed by atoms with Crippen molar-refractivity contribution >= 4 is 5.69 Å². The number of rotatable bonds is 2. The van der Waals surface area contributed by atoms with E-state index in [4.69, 9.17) is 0 Å². The molecule has 0 amide bonds. The topological polar surface area (TPSA) is 32.3 Å². The zero-order valence-corrected chi connectivity index (χ0v) is 7.17. The summed E-state index contributed by atoms with van der Waals surface area (Å²) in [5.74, 6) is 0. The van der Waals surface area contributed by atoms with Crippen molar-refractivity contribution in [1.82, 2.24) is 0 Å². The van der Waals surface area contributed by atoms with Crippen LogP contribution in [0.15, 0.2) is 24.3 Å². The molecule has 2 rings (SSSR count). The number of hydrogen-bond donors (Lipinski definition) is 2. The molecule has 1 saturated carbocycles. The molecule has 1 aliphatic rings. The molecule has 64 valence electrons. The Morgan fingerprint density at radius 2 is 2.00 bits per heavy atom. The maximum Gasteiger partial charge on any atom is 0.0918 e. The molecule has 1 aromatic rings. The Morgan fingerprint density at radius 1 is 1.33 bits per heavy atom. The van der Waals surface area contributed by atoms with E-state index in [9.17, 15) is 5.11 Å². The number of para-hydroxylation sites is 1. The molecule has 1 fully saturated rings. The molecule has 2 heteroatoms. The van der Waals surface area contributed by atoms with Crippen molar-refractivity contribution in [1.29, 1.82) is 0 Å². The number of benzene rings is 1. The van der Waals surface area contributed by atoms with Crippen molar-refractivity contribution in [3.63, 3.8) is 0 Å². The van der Waals surface area contributed by atoms with E-state index in [1.165, 1.54) is 0 Å². The van der Waals surface area contributed by atoms with Crippen molar-refractivity contribution in [2.45, 2.75) is 18.4 Å². The van der Waals surface area contributed by atoms with Gasteiger partial charge in [-0.05, 0) is 18.9 Å². The zero-order chi connectivity index (χ0) is 8.60. The molecular weight excluding hydrogens is 150 g/mol. The van der Waals surface area contributed by atoms with Crippen molar-refractivity contribution in [3.05, 3.63) is 29.8 Å². The molecular formula is C10H13NO. The first kappa shape index (κ1) is 7.62. The van der Waals surface area contributed by atoms with Gasteiger partial charge >= 0.3 is 0 Å². The van der Waals surface area contributed by atoms with E-state index in [1.807, 2.05) is 31.3 Å². The Balaban J connectivity index is 2.42. The maximum atomic E-state index is 9.87. The summed E-state index contributed by atoms with van der Waals surface area (Å²) in [7, 11) is 1.88. The van der Waals surface area contributed by atoms with Crippen LogP contribution in [0.5, 0.6) is 0 Å². The van der Waals surface area contributed by atoms with Gasteiger partial charge in [-0.25, -0.2) is 0 Å². The van der Waals surface area contributed by atoms with E-state index in [0.29, 0.717) is 0 Å². The quantitative estimate of drug-likeness (QED) is 0.695. The lowest BCUT2D eigenvalue weighted by molar-refractivity contribution is 0.152. The summed E-state index contributed by atoms with van der Waals surface area (Å²) < 4.78 is 0. The van der Waals surface area contributed by atoms with E-state index < -0.39 is 5.60 Å². The van der Waals surface area contributed by atoms with Gasteiger partial charge in [0.1, 0.15) is 0 Å². The Morgan fingerprint density at radius 3 is 2.58 bits per heavy atom. The largest absolute Gasteiger partial charge is 0.388 e. The van der Waals surface area contributed by atoms with Crippen LogP contribution in [0.2, 0.25) is 0 Å². The molecule has 0 spiro atoms. The van der Waals surface area contributed by atoms with Crippen LogP contribution in [0.25, 0.3) is 0 Å². The minimum atomic E-state index is -0.528. The third-order valence-electron chi connectivity index (χ3n) is 2.42. The summed E-state index contributed by atoms with van der Waals surface area (Å²) in [6.07, 6.45) is 1.79. The Kier molecular flexibility index (Phi) is 1.58. The van der Waals surface area contributed by atoms with E-state index in [2.05, 4.69) is 5.32 Å². The average Bonchev–Trinajstić information content (AvgIpc) is 2.85. The molecule has 2 nitrogen and oxygen atoms in total. The van der Waals surface area contributed by atoms with Crippen LogP contribution in [-0.2, 0) is 5.60 Å². The van der Waals surface area contributed by atoms with Crippen LogP contribution in [0.1, 0.15) is 18.4 Å². The fourth-order valence-electron chi connectivity index (χ4n) is 1.49. The van der Waals surface area contributed by atoms with Crippen molar-refractivity contribution < 1.29 is 5.11 Å². The smallest absolute Gasteiger partial charge is 0.0918 e. The Hall–Kier alpha value is -1.02. The van der Waals surface area contributed by atoms with Crippen LogP contribution in [0, 0.1) is 0 Å². The summed E-state index contributed by atoms with van der Waals surface area (Å²) in [4.78, 5) is 0. The highest BCUT2D eigenvalue weighted by atomic mass is 16.3. The van der Waals surface area contributed by atoms with E-state index in [0.717, 1.165) is 24.1 Å². The molecule has 1 aliphatic carbocycles. The van der Waals surface area contributed by atoms with Crippen molar-refractivity contribution in [2.75, 3.05) is 12.4 Å². The maximum absolute atomic E-state index is 9.87. The van der Waals surface area contributed by atoms with Crippen LogP contribution in [0.3, 0.4) is 0 Å². The second-order valence-electron chi connectivity index (χ2n) is 3.33. The lowest BCUT2D eigenvalue weighted by atomic mass is 10.1. The van der Waals surface area contributed by atoms with E-state index in [1.54, 1.807) is 0 Å². The SMILES string of the molecule is CNc1ccccc1C1(O)CC1. The van der Waals surface area contributed by atoms with Gasteiger partial charge in [0.25, 0.3) is 0 Å². The van der Waals surface area contributed by atoms with Gasteiger partial charge in [-0.15, -0.1) is 0 Å². The average molecular weight is 163 g/mol. The minimum absolute atomic E-state index is 0.528. The zero-order valence-electron chi connectivity index (χ0n) is 7.17. The highest BCUT2D eigenvalue weighted by Crippen LogP contribution is 2.47. The Bertz CT molecular complexity index is 292. The molecule has 0 radical (unpaired) electrons. The fraction of sp³-hybridized carbons (Fsp3) is 0.400. The van der Waals surface area contributed by atoms with Gasteiger partial charge in [-0.1, -0.05) is 18.2 Å². The van der Waals surface area contributed by atoms with Crippen LogP contribution in [-0.4, -0.2) is 12.2 Å². The molecule has 12 heavy (non-hydrogen) atoms.